The number of pyridine rings is 2. The van der Waals surface area contributed by atoms with Crippen LogP contribution in [0.5, 0.6) is 0 Å². The van der Waals surface area contributed by atoms with Gasteiger partial charge in [0.1, 0.15) is 0 Å². The molecule has 0 radical (unpaired) electrons. The smallest absolute Gasteiger partial charge is 0.338 e. The van der Waals surface area contributed by atoms with Gasteiger partial charge in [-0.25, -0.2) is 9.59 Å². The third-order valence-corrected chi connectivity index (χ3v) is 9.13. The van der Waals surface area contributed by atoms with Crippen molar-refractivity contribution in [3.8, 4) is 0 Å². The third-order valence-electron chi connectivity index (χ3n) is 9.13. The van der Waals surface area contributed by atoms with Crippen molar-refractivity contribution in [1.82, 2.24) is 9.97 Å². The Morgan fingerprint density at radius 2 is 1.09 bits per heavy atom. The quantitative estimate of drug-likeness (QED) is 0.195. The second-order valence-electron chi connectivity index (χ2n) is 11.7. The molecule has 2 aromatic heterocycles. The molecule has 0 saturated heterocycles. The molecular weight excluding hydrogens is 548 g/mol. The van der Waals surface area contributed by atoms with Gasteiger partial charge in [0.05, 0.1) is 25.3 Å². The number of hydrogen-bond donors (Lipinski definition) is 0. The van der Waals surface area contributed by atoms with Crippen molar-refractivity contribution in [1.29, 1.82) is 0 Å². The molecule has 6 rings (SSSR count). The van der Waals surface area contributed by atoms with Gasteiger partial charge in [-0.15, -0.1) is 0 Å². The lowest BCUT2D eigenvalue weighted by molar-refractivity contribution is 0.0590. The Balaban J connectivity index is 0.000000175. The summed E-state index contributed by atoms with van der Waals surface area (Å²) in [6.07, 6.45) is 18.0. The van der Waals surface area contributed by atoms with E-state index in [1.165, 1.54) is 75.0 Å². The van der Waals surface area contributed by atoms with E-state index in [0.717, 1.165) is 36.8 Å². The van der Waals surface area contributed by atoms with Crippen LogP contribution in [0.15, 0.2) is 85.5 Å². The summed E-state index contributed by atoms with van der Waals surface area (Å²) in [7, 11) is 2.84. The second kappa shape index (κ2) is 15.4. The fourth-order valence-electron chi connectivity index (χ4n) is 6.84. The monoisotopic (exact) mass is 590 g/mol. The number of benzene rings is 2. The minimum atomic E-state index is -0.276. The van der Waals surface area contributed by atoms with Crippen molar-refractivity contribution in [3.05, 3.63) is 130 Å². The zero-order valence-electron chi connectivity index (χ0n) is 25.8. The van der Waals surface area contributed by atoms with Gasteiger partial charge in [-0.1, -0.05) is 48.5 Å². The highest BCUT2D eigenvalue weighted by molar-refractivity contribution is 5.91. The topological polar surface area (TPSA) is 78.4 Å². The summed E-state index contributed by atoms with van der Waals surface area (Å²) in [5.74, 6) is 0.606. The highest BCUT2D eigenvalue weighted by Gasteiger charge is 2.22. The summed E-state index contributed by atoms with van der Waals surface area (Å²) >= 11 is 0. The van der Waals surface area contributed by atoms with Crippen LogP contribution < -0.4 is 0 Å². The Morgan fingerprint density at radius 3 is 1.52 bits per heavy atom. The van der Waals surface area contributed by atoms with Gasteiger partial charge >= 0.3 is 11.9 Å². The molecule has 6 nitrogen and oxygen atoms in total. The number of fused-ring (bicyclic) bond motifs is 2. The Labute approximate surface area is 260 Å². The number of carbonyl (C=O) groups is 2. The largest absolute Gasteiger partial charge is 0.465 e. The van der Waals surface area contributed by atoms with E-state index in [4.69, 9.17) is 9.47 Å². The first-order valence-electron chi connectivity index (χ1n) is 15.8. The molecule has 44 heavy (non-hydrogen) atoms. The maximum absolute atomic E-state index is 11.8. The van der Waals surface area contributed by atoms with Crippen molar-refractivity contribution in [2.75, 3.05) is 14.2 Å². The number of aryl methyl sites for hydroxylation is 4. The molecule has 0 N–H and O–H groups in total. The molecule has 2 atom stereocenters. The molecule has 0 bridgehead atoms. The lowest BCUT2D eigenvalue weighted by Crippen LogP contribution is -2.12. The molecule has 4 aromatic rings. The number of carbonyl (C=O) groups excluding carboxylic acids is 2. The van der Waals surface area contributed by atoms with E-state index in [0.29, 0.717) is 23.0 Å². The van der Waals surface area contributed by atoms with Crippen LogP contribution in [-0.2, 0) is 35.2 Å². The first-order chi connectivity index (χ1) is 21.6. The van der Waals surface area contributed by atoms with Crippen LogP contribution in [0.4, 0.5) is 0 Å². The molecule has 0 spiro atoms. The molecular formula is C38H42N2O4. The molecule has 2 aromatic carbocycles. The number of rotatable bonds is 8. The van der Waals surface area contributed by atoms with Gasteiger partial charge < -0.3 is 9.47 Å². The zero-order valence-corrected chi connectivity index (χ0v) is 25.8. The van der Waals surface area contributed by atoms with Crippen LogP contribution in [0.1, 0.15) is 104 Å². The van der Waals surface area contributed by atoms with Gasteiger partial charge in [0.25, 0.3) is 0 Å². The minimum absolute atomic E-state index is 0.276. The van der Waals surface area contributed by atoms with E-state index in [1.54, 1.807) is 36.9 Å². The molecule has 0 amide bonds. The zero-order chi connectivity index (χ0) is 30.7. The fourth-order valence-corrected chi connectivity index (χ4v) is 6.84. The molecule has 0 unspecified atom stereocenters. The number of methoxy groups -OCH3 is 2. The van der Waals surface area contributed by atoms with Crippen molar-refractivity contribution in [2.45, 2.75) is 76.0 Å². The van der Waals surface area contributed by atoms with Gasteiger partial charge in [0.15, 0.2) is 0 Å². The molecule has 2 aliphatic carbocycles. The minimum Gasteiger partial charge on any atom is -0.465 e. The molecule has 6 heteroatoms. The summed E-state index contributed by atoms with van der Waals surface area (Å²) in [5, 5.41) is 0. The van der Waals surface area contributed by atoms with Crippen molar-refractivity contribution < 1.29 is 19.1 Å². The second-order valence-corrected chi connectivity index (χ2v) is 11.7. The van der Waals surface area contributed by atoms with Gasteiger partial charge in [-0.05, 0) is 122 Å². The van der Waals surface area contributed by atoms with Crippen molar-refractivity contribution >= 4 is 11.9 Å². The normalized spacial score (nSPS) is 16.9. The van der Waals surface area contributed by atoms with E-state index >= 15 is 0 Å². The van der Waals surface area contributed by atoms with Gasteiger partial charge in [-0.3, -0.25) is 9.97 Å². The SMILES string of the molecule is COC(=O)c1ccncc1CC[C@@H]1CCCc2ccccc21.COC(=O)c1ccncc1CC[C@H]1CCCc2ccccc21. The van der Waals surface area contributed by atoms with Crippen LogP contribution in [0.25, 0.3) is 0 Å². The average Bonchev–Trinajstić information content (AvgIpc) is 3.09. The molecule has 0 aliphatic heterocycles. The van der Waals surface area contributed by atoms with Gasteiger partial charge in [-0.2, -0.15) is 0 Å². The third kappa shape index (κ3) is 7.60. The van der Waals surface area contributed by atoms with E-state index in [9.17, 15) is 9.59 Å². The molecule has 228 valence electrons. The highest BCUT2D eigenvalue weighted by Crippen LogP contribution is 2.36. The number of esters is 2. The predicted molar refractivity (Wildman–Crippen MR) is 172 cm³/mol. The van der Waals surface area contributed by atoms with Crippen LogP contribution in [0.2, 0.25) is 0 Å². The molecule has 2 heterocycles. The summed E-state index contributed by atoms with van der Waals surface area (Å²) in [5.41, 5.74) is 9.18. The van der Waals surface area contributed by atoms with E-state index in [-0.39, 0.29) is 11.9 Å². The number of nitrogens with zero attached hydrogens (tertiary/aromatic N) is 2. The van der Waals surface area contributed by atoms with Crippen LogP contribution in [-0.4, -0.2) is 36.1 Å². The van der Waals surface area contributed by atoms with E-state index < -0.39 is 0 Å². The number of aromatic nitrogens is 2. The van der Waals surface area contributed by atoms with Crippen LogP contribution >= 0.6 is 0 Å². The predicted octanol–water partition coefficient (Wildman–Crippen LogP) is 7.84. The van der Waals surface area contributed by atoms with Gasteiger partial charge in [0.2, 0.25) is 0 Å². The first kappa shape index (κ1) is 31.1. The summed E-state index contributed by atoms with van der Waals surface area (Å²) in [4.78, 5) is 32.0. The standard InChI is InChI=1S/2C19H21NO2/c2*1-22-19(21)18-11-12-20-13-16(18)10-9-15-7-4-6-14-5-2-3-8-17(14)15/h2*2-3,5,8,11-13,15H,4,6-7,9-10H2,1H3/t2*15-/m10/s1. The summed E-state index contributed by atoms with van der Waals surface area (Å²) in [6, 6.07) is 21.0. The first-order valence-corrected chi connectivity index (χ1v) is 15.8. The van der Waals surface area contributed by atoms with E-state index in [1.807, 2.05) is 0 Å². The Hall–Kier alpha value is -4.32. The number of ether oxygens (including phenoxy) is 2. The van der Waals surface area contributed by atoms with Gasteiger partial charge in [0, 0.05) is 24.8 Å². The molecule has 0 saturated carbocycles. The Morgan fingerprint density at radius 1 is 0.659 bits per heavy atom. The van der Waals surface area contributed by atoms with Crippen LogP contribution in [0.3, 0.4) is 0 Å². The Kier molecular flexibility index (Phi) is 10.9. The maximum Gasteiger partial charge on any atom is 0.338 e. The lowest BCUT2D eigenvalue weighted by atomic mass is 9.80. The summed E-state index contributed by atoms with van der Waals surface area (Å²) in [6.45, 7) is 0. The Bertz CT molecular complexity index is 1450. The van der Waals surface area contributed by atoms with Crippen LogP contribution in [0, 0.1) is 0 Å². The highest BCUT2D eigenvalue weighted by atomic mass is 16.5. The molecule has 2 aliphatic rings. The average molecular weight is 591 g/mol. The fraction of sp³-hybridized carbons (Fsp3) is 0.368. The maximum atomic E-state index is 11.8. The van der Waals surface area contributed by atoms with E-state index in [2.05, 4.69) is 58.5 Å². The van der Waals surface area contributed by atoms with Crippen molar-refractivity contribution in [2.24, 2.45) is 0 Å². The molecule has 0 fully saturated rings. The summed E-state index contributed by atoms with van der Waals surface area (Å²) < 4.78 is 9.72. The van der Waals surface area contributed by atoms with Crippen molar-refractivity contribution in [3.63, 3.8) is 0 Å². The lowest BCUT2D eigenvalue weighted by Gasteiger charge is -2.25. The number of hydrogen-bond acceptors (Lipinski definition) is 6.